The van der Waals surface area contributed by atoms with E-state index in [1.807, 2.05) is 13.8 Å². The van der Waals surface area contributed by atoms with E-state index in [9.17, 15) is 24.9 Å². The van der Waals surface area contributed by atoms with Gasteiger partial charge in [0.15, 0.2) is 0 Å². The highest BCUT2D eigenvalue weighted by molar-refractivity contribution is 5.90. The summed E-state index contributed by atoms with van der Waals surface area (Å²) in [6.45, 7) is 8.12. The van der Waals surface area contributed by atoms with Gasteiger partial charge in [0.1, 0.15) is 29.2 Å². The standard InChI is InChI=1S/C28H38O8/c1-12-7-19(34-24(33)14(12)11-29)13(2)16-8-21-27(35-21)17-9-22-28(36-22)23(32)18(30)10-20(31)26(28,4)15(17)5-6-25(16,27)3/h13,15-19,21-23,29-30,32H,5-11H2,1-4H3/t13-,15-,16+,17+,18-,19+,21-,22+,23-,25+,26-,27-,28-/m0/s1. The molecule has 3 heterocycles. The Labute approximate surface area is 211 Å². The highest BCUT2D eigenvalue weighted by Gasteiger charge is 2.88. The number of ether oxygens (including phenoxy) is 3. The molecule has 2 spiro atoms. The minimum absolute atomic E-state index is 0.00804. The van der Waals surface area contributed by atoms with E-state index in [0.29, 0.717) is 17.9 Å². The van der Waals surface area contributed by atoms with Crippen LogP contribution < -0.4 is 0 Å². The smallest absolute Gasteiger partial charge is 0.336 e. The summed E-state index contributed by atoms with van der Waals surface area (Å²) >= 11 is 0. The van der Waals surface area contributed by atoms with Crippen LogP contribution >= 0.6 is 0 Å². The number of cyclic esters (lactones) is 1. The summed E-state index contributed by atoms with van der Waals surface area (Å²) in [7, 11) is 0. The third-order valence-corrected chi connectivity index (χ3v) is 12.4. The minimum atomic E-state index is -1.07. The second kappa shape index (κ2) is 7.00. The highest BCUT2D eigenvalue weighted by atomic mass is 16.6. The number of Topliss-reactive ketones (excluding diaryl/α,β-unsaturated/α-hetero) is 1. The van der Waals surface area contributed by atoms with E-state index in [1.54, 1.807) is 0 Å². The predicted molar refractivity (Wildman–Crippen MR) is 125 cm³/mol. The average molecular weight is 503 g/mol. The van der Waals surface area contributed by atoms with Crippen molar-refractivity contribution in [2.45, 2.75) is 108 Å². The molecule has 8 nitrogen and oxygen atoms in total. The number of hydrogen-bond acceptors (Lipinski definition) is 8. The molecule has 7 rings (SSSR count). The average Bonchev–Trinajstić information content (AvgIpc) is 3.72. The van der Waals surface area contributed by atoms with Crippen molar-refractivity contribution in [3.8, 4) is 0 Å². The number of aliphatic hydroxyl groups is 3. The van der Waals surface area contributed by atoms with Crippen molar-refractivity contribution in [1.29, 1.82) is 0 Å². The molecule has 4 aliphatic carbocycles. The first-order valence-corrected chi connectivity index (χ1v) is 13.7. The van der Waals surface area contributed by atoms with Crippen molar-refractivity contribution in [1.82, 2.24) is 0 Å². The molecule has 0 aromatic carbocycles. The molecule has 0 unspecified atom stereocenters. The lowest BCUT2D eigenvalue weighted by molar-refractivity contribution is -0.185. The number of carbonyl (C=O) groups is 2. The van der Waals surface area contributed by atoms with Crippen LogP contribution in [0.25, 0.3) is 0 Å². The molecule has 0 amide bonds. The van der Waals surface area contributed by atoms with Gasteiger partial charge in [0.2, 0.25) is 0 Å². The van der Waals surface area contributed by atoms with Crippen molar-refractivity contribution < 1.29 is 39.1 Å². The lowest BCUT2D eigenvalue weighted by Crippen LogP contribution is -2.69. The fourth-order valence-corrected chi connectivity index (χ4v) is 10.4. The Morgan fingerprint density at radius 3 is 2.42 bits per heavy atom. The van der Waals surface area contributed by atoms with Crippen LogP contribution in [0.1, 0.15) is 66.2 Å². The van der Waals surface area contributed by atoms with Gasteiger partial charge in [-0.3, -0.25) is 4.79 Å². The second-order valence-corrected chi connectivity index (χ2v) is 13.3. The van der Waals surface area contributed by atoms with E-state index < -0.39 is 29.2 Å². The quantitative estimate of drug-likeness (QED) is 0.393. The van der Waals surface area contributed by atoms with Crippen molar-refractivity contribution in [3.05, 3.63) is 11.1 Å². The van der Waals surface area contributed by atoms with Crippen LogP contribution in [0.3, 0.4) is 0 Å². The Morgan fingerprint density at radius 1 is 1.03 bits per heavy atom. The highest BCUT2D eigenvalue weighted by Crippen LogP contribution is 2.80. The monoisotopic (exact) mass is 502 g/mol. The van der Waals surface area contributed by atoms with Crippen LogP contribution in [0.15, 0.2) is 11.1 Å². The van der Waals surface area contributed by atoms with Crippen LogP contribution in [0.2, 0.25) is 0 Å². The molecule has 4 saturated carbocycles. The SMILES string of the molecule is CC1=C(CO)C(=O)O[C@@H]([C@@H](C)[C@H]2C[C@@H]3O[C@@]34[C@@H]3C[C@H]5O[C@]56[C@@H](O)[C@@H](O)CC(=O)[C@]6(C)[C@H]3CC[C@]24C)C1. The molecule has 8 heteroatoms. The fraction of sp³-hybridized carbons (Fsp3) is 0.857. The molecule has 0 aromatic heterocycles. The lowest BCUT2D eigenvalue weighted by atomic mass is 9.43. The number of epoxide rings is 2. The molecule has 2 saturated heterocycles. The van der Waals surface area contributed by atoms with Crippen LogP contribution in [0.4, 0.5) is 0 Å². The molecule has 0 radical (unpaired) electrons. The maximum atomic E-state index is 13.5. The lowest BCUT2D eigenvalue weighted by Gasteiger charge is -2.59. The molecule has 7 aliphatic rings. The van der Waals surface area contributed by atoms with E-state index in [4.69, 9.17) is 14.2 Å². The van der Waals surface area contributed by atoms with E-state index in [0.717, 1.165) is 31.3 Å². The Kier molecular flexibility index (Phi) is 4.62. The predicted octanol–water partition coefficient (Wildman–Crippen LogP) is 1.68. The number of fused-ring (bicyclic) bond motifs is 2. The summed E-state index contributed by atoms with van der Waals surface area (Å²) in [5, 5.41) is 30.9. The summed E-state index contributed by atoms with van der Waals surface area (Å²) in [4.78, 5) is 26.0. The fourth-order valence-electron chi connectivity index (χ4n) is 10.4. The van der Waals surface area contributed by atoms with Crippen LogP contribution in [-0.4, -0.2) is 75.4 Å². The summed E-state index contributed by atoms with van der Waals surface area (Å²) in [5.74, 6) is 0.263. The summed E-state index contributed by atoms with van der Waals surface area (Å²) in [5.41, 5.74) is -0.929. The number of aliphatic hydroxyl groups excluding tert-OH is 3. The van der Waals surface area contributed by atoms with Crippen LogP contribution in [-0.2, 0) is 23.8 Å². The number of carbonyl (C=O) groups excluding carboxylic acids is 2. The maximum Gasteiger partial charge on any atom is 0.336 e. The van der Waals surface area contributed by atoms with Crippen LogP contribution in [0.5, 0.6) is 0 Å². The molecule has 36 heavy (non-hydrogen) atoms. The number of ketones is 1. The third kappa shape index (κ3) is 2.41. The zero-order valence-corrected chi connectivity index (χ0v) is 21.5. The molecular formula is C28H38O8. The van der Waals surface area contributed by atoms with E-state index in [-0.39, 0.29) is 65.9 Å². The Balaban J connectivity index is 1.20. The topological polar surface area (TPSA) is 129 Å². The van der Waals surface area contributed by atoms with Gasteiger partial charge in [0.05, 0.1) is 35.9 Å². The largest absolute Gasteiger partial charge is 0.458 e. The van der Waals surface area contributed by atoms with Crippen molar-refractivity contribution in [3.63, 3.8) is 0 Å². The summed E-state index contributed by atoms with van der Waals surface area (Å²) < 4.78 is 18.7. The van der Waals surface area contributed by atoms with E-state index in [1.165, 1.54) is 0 Å². The molecular weight excluding hydrogens is 464 g/mol. The van der Waals surface area contributed by atoms with Crippen molar-refractivity contribution >= 4 is 11.8 Å². The zero-order chi connectivity index (χ0) is 25.6. The summed E-state index contributed by atoms with van der Waals surface area (Å²) in [6.07, 6.45) is 1.58. The Bertz CT molecular complexity index is 1090. The maximum absolute atomic E-state index is 13.5. The zero-order valence-electron chi connectivity index (χ0n) is 21.5. The Morgan fingerprint density at radius 2 is 1.72 bits per heavy atom. The first-order chi connectivity index (χ1) is 17.0. The van der Waals surface area contributed by atoms with Gasteiger partial charge in [0, 0.05) is 18.3 Å². The van der Waals surface area contributed by atoms with Crippen molar-refractivity contribution in [2.75, 3.05) is 6.61 Å². The molecule has 13 atom stereocenters. The Hall–Kier alpha value is -1.32. The van der Waals surface area contributed by atoms with Gasteiger partial charge < -0.3 is 29.5 Å². The first-order valence-electron chi connectivity index (χ1n) is 13.7. The second-order valence-electron chi connectivity index (χ2n) is 13.3. The first kappa shape index (κ1) is 23.8. The number of esters is 1. The van der Waals surface area contributed by atoms with E-state index in [2.05, 4.69) is 13.8 Å². The van der Waals surface area contributed by atoms with Gasteiger partial charge in [-0.05, 0) is 63.2 Å². The van der Waals surface area contributed by atoms with Gasteiger partial charge in [-0.1, -0.05) is 19.4 Å². The van der Waals surface area contributed by atoms with E-state index >= 15 is 0 Å². The van der Waals surface area contributed by atoms with Gasteiger partial charge in [-0.15, -0.1) is 0 Å². The normalized spacial score (nSPS) is 57.6. The summed E-state index contributed by atoms with van der Waals surface area (Å²) in [6, 6.07) is 0. The molecule has 6 fully saturated rings. The molecule has 0 aromatic rings. The molecule has 3 aliphatic heterocycles. The molecule has 0 bridgehead atoms. The number of hydrogen-bond donors (Lipinski definition) is 3. The van der Waals surface area contributed by atoms with Gasteiger partial charge in [0.25, 0.3) is 0 Å². The van der Waals surface area contributed by atoms with Gasteiger partial charge in [-0.25, -0.2) is 4.79 Å². The molecule has 3 N–H and O–H groups in total. The van der Waals surface area contributed by atoms with Crippen LogP contribution in [0, 0.1) is 34.5 Å². The van der Waals surface area contributed by atoms with Gasteiger partial charge >= 0.3 is 5.97 Å². The molecule has 198 valence electrons. The number of rotatable bonds is 3. The minimum Gasteiger partial charge on any atom is -0.458 e. The third-order valence-electron chi connectivity index (χ3n) is 12.4. The van der Waals surface area contributed by atoms with Crippen molar-refractivity contribution in [2.24, 2.45) is 34.5 Å². The van der Waals surface area contributed by atoms with Gasteiger partial charge in [-0.2, -0.15) is 0 Å².